The van der Waals surface area contributed by atoms with Crippen LogP contribution in [0.2, 0.25) is 5.02 Å². The van der Waals surface area contributed by atoms with Crippen molar-refractivity contribution in [3.05, 3.63) is 93.5 Å². The number of hydrogen-bond donors (Lipinski definition) is 2. The molecule has 0 bridgehead atoms. The maximum absolute atomic E-state index is 12.5. The molecule has 0 aliphatic carbocycles. The molecule has 0 spiro atoms. The van der Waals surface area contributed by atoms with E-state index in [1.807, 2.05) is 69.1 Å². The molecule has 3 rings (SSSR count). The number of likely N-dealkylation sites (N-methyl/N-ethyl adjacent to an activating group) is 1. The van der Waals surface area contributed by atoms with Gasteiger partial charge in [-0.25, -0.2) is 0 Å². The van der Waals surface area contributed by atoms with E-state index in [0.29, 0.717) is 22.8 Å². The van der Waals surface area contributed by atoms with E-state index >= 15 is 0 Å². The van der Waals surface area contributed by atoms with Crippen LogP contribution in [0, 0.1) is 20.8 Å². The topological polar surface area (TPSA) is 61.4 Å². The molecule has 0 aliphatic rings. The van der Waals surface area contributed by atoms with Crippen molar-refractivity contribution in [2.75, 3.05) is 24.2 Å². The molecular formula is C26H28ClN3O2. The molecule has 0 aromatic heterocycles. The van der Waals surface area contributed by atoms with Gasteiger partial charge in [-0.1, -0.05) is 35.9 Å². The molecule has 3 aromatic rings. The molecule has 0 fully saturated rings. The first-order valence-electron chi connectivity index (χ1n) is 10.4. The van der Waals surface area contributed by atoms with Crippen LogP contribution in [0.15, 0.2) is 60.7 Å². The fraction of sp³-hybridized carbons (Fsp3) is 0.231. The van der Waals surface area contributed by atoms with Crippen LogP contribution in [-0.4, -0.2) is 30.3 Å². The van der Waals surface area contributed by atoms with E-state index in [1.54, 1.807) is 24.3 Å². The van der Waals surface area contributed by atoms with Gasteiger partial charge < -0.3 is 10.6 Å². The highest BCUT2D eigenvalue weighted by Crippen LogP contribution is 2.20. The average Bonchev–Trinajstić information content (AvgIpc) is 2.74. The van der Waals surface area contributed by atoms with Crippen molar-refractivity contribution in [1.29, 1.82) is 0 Å². The lowest BCUT2D eigenvalue weighted by molar-refractivity contribution is -0.117. The van der Waals surface area contributed by atoms with Crippen LogP contribution in [0.1, 0.15) is 32.6 Å². The molecule has 166 valence electrons. The van der Waals surface area contributed by atoms with Gasteiger partial charge in [0.05, 0.1) is 6.54 Å². The Labute approximate surface area is 194 Å². The second-order valence-corrected chi connectivity index (χ2v) is 8.49. The normalized spacial score (nSPS) is 10.8. The highest BCUT2D eigenvalue weighted by atomic mass is 35.5. The summed E-state index contributed by atoms with van der Waals surface area (Å²) < 4.78 is 0. The van der Waals surface area contributed by atoms with Crippen LogP contribution in [-0.2, 0) is 11.3 Å². The zero-order valence-corrected chi connectivity index (χ0v) is 19.6. The first-order valence-corrected chi connectivity index (χ1v) is 10.8. The molecule has 0 unspecified atom stereocenters. The smallest absolute Gasteiger partial charge is 0.255 e. The molecule has 0 saturated heterocycles. The Morgan fingerprint density at radius 3 is 2.31 bits per heavy atom. The van der Waals surface area contributed by atoms with Gasteiger partial charge in [0, 0.05) is 28.5 Å². The van der Waals surface area contributed by atoms with Crippen molar-refractivity contribution >= 4 is 34.8 Å². The third kappa shape index (κ3) is 6.19. The molecule has 0 saturated carbocycles. The Morgan fingerprint density at radius 2 is 1.62 bits per heavy atom. The van der Waals surface area contributed by atoms with Gasteiger partial charge in [-0.15, -0.1) is 0 Å². The van der Waals surface area contributed by atoms with Crippen LogP contribution >= 0.6 is 11.6 Å². The average molecular weight is 450 g/mol. The lowest BCUT2D eigenvalue weighted by Crippen LogP contribution is -2.30. The van der Waals surface area contributed by atoms with Crippen LogP contribution in [0.25, 0.3) is 0 Å². The van der Waals surface area contributed by atoms with Gasteiger partial charge in [0.2, 0.25) is 5.91 Å². The number of aryl methyl sites for hydroxylation is 2. The molecule has 5 nitrogen and oxygen atoms in total. The zero-order chi connectivity index (χ0) is 23.3. The lowest BCUT2D eigenvalue weighted by atomic mass is 10.1. The van der Waals surface area contributed by atoms with Crippen molar-refractivity contribution in [2.24, 2.45) is 0 Å². The summed E-state index contributed by atoms with van der Waals surface area (Å²) in [5.74, 6) is -0.241. The number of halogens is 1. The molecule has 6 heteroatoms. The minimum Gasteiger partial charge on any atom is -0.325 e. The Balaban J connectivity index is 1.54. The van der Waals surface area contributed by atoms with Crippen molar-refractivity contribution in [3.8, 4) is 0 Å². The van der Waals surface area contributed by atoms with E-state index in [4.69, 9.17) is 11.6 Å². The van der Waals surface area contributed by atoms with E-state index in [1.165, 1.54) is 0 Å². The van der Waals surface area contributed by atoms with Crippen LogP contribution in [0.5, 0.6) is 0 Å². The number of benzene rings is 3. The van der Waals surface area contributed by atoms with Crippen molar-refractivity contribution in [1.82, 2.24) is 4.90 Å². The number of carbonyl (C=O) groups is 2. The van der Waals surface area contributed by atoms with Crippen LogP contribution in [0.4, 0.5) is 11.4 Å². The van der Waals surface area contributed by atoms with Crippen molar-refractivity contribution in [3.63, 3.8) is 0 Å². The third-order valence-corrected chi connectivity index (χ3v) is 5.80. The van der Waals surface area contributed by atoms with Gasteiger partial charge >= 0.3 is 0 Å². The summed E-state index contributed by atoms with van der Waals surface area (Å²) in [5.41, 5.74) is 6.26. The first kappa shape index (κ1) is 23.5. The van der Waals surface area contributed by atoms with E-state index in [0.717, 1.165) is 27.9 Å². The molecular weight excluding hydrogens is 422 g/mol. The van der Waals surface area contributed by atoms with Crippen molar-refractivity contribution < 1.29 is 9.59 Å². The summed E-state index contributed by atoms with van der Waals surface area (Å²) in [7, 11) is 1.90. The number of anilines is 2. The Bertz CT molecular complexity index is 1130. The molecule has 0 radical (unpaired) electrons. The van der Waals surface area contributed by atoms with Gasteiger partial charge in [-0.3, -0.25) is 14.5 Å². The summed E-state index contributed by atoms with van der Waals surface area (Å²) in [6.07, 6.45) is 0. The first-order chi connectivity index (χ1) is 15.2. The second-order valence-electron chi connectivity index (χ2n) is 8.08. The monoisotopic (exact) mass is 449 g/mol. The molecule has 0 aliphatic heterocycles. The highest BCUT2D eigenvalue weighted by molar-refractivity contribution is 6.31. The van der Waals surface area contributed by atoms with Crippen molar-refractivity contribution in [2.45, 2.75) is 27.3 Å². The SMILES string of the molecule is Cc1cc(NC(=O)c2ccc(CN(C)CC(=O)Nc3cccc(C)c3C)cc2)ccc1Cl. The van der Waals surface area contributed by atoms with E-state index in [2.05, 4.69) is 10.6 Å². The summed E-state index contributed by atoms with van der Waals surface area (Å²) in [6, 6.07) is 18.6. The summed E-state index contributed by atoms with van der Waals surface area (Å²) in [5, 5.41) is 6.53. The predicted octanol–water partition coefficient (Wildman–Crippen LogP) is 5.59. The Kier molecular flexibility index (Phi) is 7.67. The molecule has 2 amide bonds. The number of rotatable bonds is 7. The summed E-state index contributed by atoms with van der Waals surface area (Å²) in [6.45, 7) is 6.79. The number of carbonyl (C=O) groups excluding carboxylic acids is 2. The number of hydrogen-bond acceptors (Lipinski definition) is 3. The van der Waals surface area contributed by atoms with E-state index < -0.39 is 0 Å². The van der Waals surface area contributed by atoms with Gasteiger partial charge in [-0.2, -0.15) is 0 Å². The quantitative estimate of drug-likeness (QED) is 0.494. The number of nitrogens with one attached hydrogen (secondary N) is 2. The number of nitrogens with zero attached hydrogens (tertiary/aromatic N) is 1. The predicted molar refractivity (Wildman–Crippen MR) is 131 cm³/mol. The largest absolute Gasteiger partial charge is 0.325 e. The van der Waals surface area contributed by atoms with Crippen LogP contribution in [0.3, 0.4) is 0 Å². The molecule has 3 aromatic carbocycles. The minimum absolute atomic E-state index is 0.0598. The Hall–Kier alpha value is -3.15. The van der Waals surface area contributed by atoms with Gasteiger partial charge in [-0.05, 0) is 86.5 Å². The second kappa shape index (κ2) is 10.4. The molecule has 0 atom stereocenters. The van der Waals surface area contributed by atoms with E-state index in [-0.39, 0.29) is 18.4 Å². The maximum Gasteiger partial charge on any atom is 0.255 e. The molecule has 32 heavy (non-hydrogen) atoms. The molecule has 0 heterocycles. The van der Waals surface area contributed by atoms with Gasteiger partial charge in [0.25, 0.3) is 5.91 Å². The van der Waals surface area contributed by atoms with Crippen LogP contribution < -0.4 is 10.6 Å². The number of amides is 2. The fourth-order valence-electron chi connectivity index (χ4n) is 3.38. The standard InChI is InChI=1S/C26H28ClN3O2/c1-17-6-5-7-24(19(17)3)29-25(31)16-30(4)15-20-8-10-21(11-9-20)26(32)28-22-12-13-23(27)18(2)14-22/h5-14H,15-16H2,1-4H3,(H,28,32)(H,29,31). The van der Waals surface area contributed by atoms with Gasteiger partial charge in [0.15, 0.2) is 0 Å². The summed E-state index contributed by atoms with van der Waals surface area (Å²) in [4.78, 5) is 26.9. The van der Waals surface area contributed by atoms with Gasteiger partial charge in [0.1, 0.15) is 0 Å². The lowest BCUT2D eigenvalue weighted by Gasteiger charge is -2.17. The highest BCUT2D eigenvalue weighted by Gasteiger charge is 2.11. The third-order valence-electron chi connectivity index (χ3n) is 5.38. The zero-order valence-electron chi connectivity index (χ0n) is 18.8. The summed E-state index contributed by atoms with van der Waals surface area (Å²) >= 11 is 6.04. The minimum atomic E-state index is -0.181. The maximum atomic E-state index is 12.5. The Morgan fingerprint density at radius 1 is 0.906 bits per heavy atom. The molecule has 2 N–H and O–H groups in total. The fourth-order valence-corrected chi connectivity index (χ4v) is 3.49. The van der Waals surface area contributed by atoms with E-state index in [9.17, 15) is 9.59 Å².